The van der Waals surface area contributed by atoms with E-state index in [1.807, 2.05) is 36.4 Å². The molecule has 3 heteroatoms. The van der Waals surface area contributed by atoms with Crippen LogP contribution in [0, 0.1) is 0 Å². The van der Waals surface area contributed by atoms with Crippen LogP contribution < -0.4 is 0 Å². The Morgan fingerprint density at radius 3 is 1.65 bits per heavy atom. The summed E-state index contributed by atoms with van der Waals surface area (Å²) in [4.78, 5) is 10.0. The van der Waals surface area contributed by atoms with Crippen molar-refractivity contribution in [2.24, 2.45) is 0 Å². The van der Waals surface area contributed by atoms with Crippen LogP contribution in [0.2, 0.25) is 0 Å². The zero-order valence-electron chi connectivity index (χ0n) is 27.6. The molecule has 2 aromatic heterocycles. The van der Waals surface area contributed by atoms with Gasteiger partial charge in [0.2, 0.25) is 0 Å². The molecule has 10 aromatic rings. The second-order valence-corrected chi connectivity index (χ2v) is 13.0. The average molecular weight is 651 g/mol. The largest absolute Gasteiger partial charge is 0.455 e. The molecule has 3 nitrogen and oxygen atoms in total. The summed E-state index contributed by atoms with van der Waals surface area (Å²) in [5.41, 5.74) is 11.4. The van der Waals surface area contributed by atoms with Gasteiger partial charge in [-0.3, -0.25) is 0 Å². The third-order valence-corrected chi connectivity index (χ3v) is 9.90. The molecular weight excluding hydrogens is 621 g/mol. The Labute approximate surface area is 295 Å². The molecule has 0 aliphatic rings. The maximum atomic E-state index is 6.59. The topological polar surface area (TPSA) is 38.9 Å². The smallest absolute Gasteiger partial charge is 0.160 e. The Bertz CT molecular complexity index is 2830. The zero-order chi connectivity index (χ0) is 33.7. The molecule has 0 radical (unpaired) electrons. The van der Waals surface area contributed by atoms with Crippen LogP contribution in [0.15, 0.2) is 186 Å². The first kappa shape index (κ1) is 29.1. The number of aromatic nitrogens is 2. The van der Waals surface area contributed by atoms with Crippen molar-refractivity contribution in [3.63, 3.8) is 0 Å². The lowest BCUT2D eigenvalue weighted by molar-refractivity contribution is 0.673. The van der Waals surface area contributed by atoms with E-state index in [-0.39, 0.29) is 0 Å². The minimum absolute atomic E-state index is 0.700. The van der Waals surface area contributed by atoms with E-state index in [9.17, 15) is 0 Å². The maximum absolute atomic E-state index is 6.59. The fraction of sp³-hybridized carbons (Fsp3) is 0. The fourth-order valence-electron chi connectivity index (χ4n) is 7.36. The monoisotopic (exact) mass is 650 g/mol. The van der Waals surface area contributed by atoms with Gasteiger partial charge in [0.1, 0.15) is 11.2 Å². The molecular formula is C48H30N2O. The quantitative estimate of drug-likeness (QED) is 0.186. The van der Waals surface area contributed by atoms with Crippen molar-refractivity contribution in [2.75, 3.05) is 0 Å². The molecule has 2 heterocycles. The number of hydrogen-bond acceptors (Lipinski definition) is 3. The molecule has 0 unspecified atom stereocenters. The number of rotatable bonds is 5. The van der Waals surface area contributed by atoms with Crippen LogP contribution in [0.1, 0.15) is 0 Å². The molecule has 0 spiro atoms. The van der Waals surface area contributed by atoms with E-state index >= 15 is 0 Å². The van der Waals surface area contributed by atoms with Crippen molar-refractivity contribution >= 4 is 43.5 Å². The van der Waals surface area contributed by atoms with Crippen LogP contribution in [0.4, 0.5) is 0 Å². The highest BCUT2D eigenvalue weighted by atomic mass is 16.3. The summed E-state index contributed by atoms with van der Waals surface area (Å²) in [6, 6.07) is 63.8. The minimum Gasteiger partial charge on any atom is -0.455 e. The van der Waals surface area contributed by atoms with Gasteiger partial charge in [-0.05, 0) is 62.7 Å². The second kappa shape index (κ2) is 11.9. The Morgan fingerprint density at radius 2 is 0.922 bits per heavy atom. The Hall–Kier alpha value is -6.84. The van der Waals surface area contributed by atoms with Crippen molar-refractivity contribution in [1.29, 1.82) is 0 Å². The second-order valence-electron chi connectivity index (χ2n) is 13.0. The molecule has 0 N–H and O–H groups in total. The van der Waals surface area contributed by atoms with E-state index in [4.69, 9.17) is 14.4 Å². The highest BCUT2D eigenvalue weighted by molar-refractivity contribution is 6.20. The minimum atomic E-state index is 0.700. The average Bonchev–Trinajstić information content (AvgIpc) is 3.59. The van der Waals surface area contributed by atoms with Crippen LogP contribution in [-0.4, -0.2) is 9.97 Å². The molecule has 8 aromatic carbocycles. The van der Waals surface area contributed by atoms with Crippen molar-refractivity contribution in [3.05, 3.63) is 182 Å². The van der Waals surface area contributed by atoms with Gasteiger partial charge >= 0.3 is 0 Å². The van der Waals surface area contributed by atoms with Crippen LogP contribution in [0.5, 0.6) is 0 Å². The summed E-state index contributed by atoms with van der Waals surface area (Å²) in [7, 11) is 0. The normalized spacial score (nSPS) is 11.5. The summed E-state index contributed by atoms with van der Waals surface area (Å²) < 4.78 is 6.59. The van der Waals surface area contributed by atoms with Gasteiger partial charge in [0, 0.05) is 32.8 Å². The predicted octanol–water partition coefficient (Wildman–Crippen LogP) is 13.0. The van der Waals surface area contributed by atoms with Crippen LogP contribution >= 0.6 is 0 Å². The van der Waals surface area contributed by atoms with E-state index in [2.05, 4.69) is 146 Å². The Balaban J connectivity index is 1.09. The van der Waals surface area contributed by atoms with E-state index in [1.54, 1.807) is 0 Å². The predicted molar refractivity (Wildman–Crippen MR) is 212 cm³/mol. The fourth-order valence-corrected chi connectivity index (χ4v) is 7.36. The molecule has 0 saturated heterocycles. The van der Waals surface area contributed by atoms with Gasteiger partial charge in [-0.15, -0.1) is 0 Å². The summed E-state index contributed by atoms with van der Waals surface area (Å²) >= 11 is 0. The van der Waals surface area contributed by atoms with Gasteiger partial charge in [-0.25, -0.2) is 9.97 Å². The van der Waals surface area contributed by atoms with Crippen molar-refractivity contribution in [3.8, 4) is 56.2 Å². The van der Waals surface area contributed by atoms with Gasteiger partial charge in [-0.1, -0.05) is 158 Å². The van der Waals surface area contributed by atoms with Crippen molar-refractivity contribution in [2.45, 2.75) is 0 Å². The lowest BCUT2D eigenvalue weighted by Crippen LogP contribution is -1.95. The molecule has 0 aliphatic heterocycles. The van der Waals surface area contributed by atoms with Gasteiger partial charge in [-0.2, -0.15) is 0 Å². The summed E-state index contributed by atoms with van der Waals surface area (Å²) in [6.45, 7) is 0. The van der Waals surface area contributed by atoms with Gasteiger partial charge in [0.05, 0.1) is 11.4 Å². The highest BCUT2D eigenvalue weighted by Gasteiger charge is 2.17. The molecule has 51 heavy (non-hydrogen) atoms. The molecule has 0 fully saturated rings. The third kappa shape index (κ3) is 5.06. The number of hydrogen-bond donors (Lipinski definition) is 0. The van der Waals surface area contributed by atoms with E-state index in [0.29, 0.717) is 5.82 Å². The number of nitrogens with zero attached hydrogens (tertiary/aromatic N) is 2. The number of benzene rings is 8. The standard InChI is InChI=1S/C48H30N2O/c1-3-13-33(14-4-1)44-30-45(34-15-5-2-6-16-34)50-48(49-44)35-24-22-31(23-25-35)36-26-27-46-42(28-36)43-29-41(39-19-9-10-20-40(39)47(43)51-46)38-21-11-17-32-12-7-8-18-37(32)38/h1-30H. The summed E-state index contributed by atoms with van der Waals surface area (Å²) in [5, 5.41) is 7.00. The van der Waals surface area contributed by atoms with Gasteiger partial charge in [0.25, 0.3) is 0 Å². The maximum Gasteiger partial charge on any atom is 0.160 e. The van der Waals surface area contributed by atoms with Gasteiger partial charge < -0.3 is 4.42 Å². The van der Waals surface area contributed by atoms with Crippen molar-refractivity contribution in [1.82, 2.24) is 9.97 Å². The summed E-state index contributed by atoms with van der Waals surface area (Å²) in [6.07, 6.45) is 0. The molecule has 238 valence electrons. The first-order valence-electron chi connectivity index (χ1n) is 17.2. The third-order valence-electron chi connectivity index (χ3n) is 9.90. The van der Waals surface area contributed by atoms with E-state index in [0.717, 1.165) is 66.5 Å². The SMILES string of the molecule is c1ccc(-c2cc(-c3ccccc3)nc(-c3ccc(-c4ccc5oc6c7ccccc7c(-c7cccc8ccccc78)cc6c5c4)cc3)n2)cc1. The highest BCUT2D eigenvalue weighted by Crippen LogP contribution is 2.42. The Kier molecular flexibility index (Phi) is 6.81. The van der Waals surface area contributed by atoms with E-state index < -0.39 is 0 Å². The first-order chi connectivity index (χ1) is 25.3. The molecule has 0 bridgehead atoms. The molecule has 0 aliphatic carbocycles. The Morgan fingerprint density at radius 1 is 0.333 bits per heavy atom. The lowest BCUT2D eigenvalue weighted by atomic mass is 9.92. The summed E-state index contributed by atoms with van der Waals surface area (Å²) in [5.74, 6) is 0.700. The van der Waals surface area contributed by atoms with Crippen LogP contribution in [0.25, 0.3) is 99.6 Å². The van der Waals surface area contributed by atoms with Crippen molar-refractivity contribution < 1.29 is 4.42 Å². The van der Waals surface area contributed by atoms with Gasteiger partial charge in [0.15, 0.2) is 5.82 Å². The van der Waals surface area contributed by atoms with Crippen LogP contribution in [0.3, 0.4) is 0 Å². The molecule has 0 amide bonds. The molecule has 0 atom stereocenters. The first-order valence-corrected chi connectivity index (χ1v) is 17.2. The lowest BCUT2D eigenvalue weighted by Gasteiger charge is -2.11. The molecule has 0 saturated carbocycles. The molecule has 10 rings (SSSR count). The number of fused-ring (bicyclic) bond motifs is 6. The zero-order valence-corrected chi connectivity index (χ0v) is 27.6. The van der Waals surface area contributed by atoms with Crippen LogP contribution in [-0.2, 0) is 0 Å². The van der Waals surface area contributed by atoms with E-state index in [1.165, 1.54) is 27.3 Å². The number of furan rings is 1.